The van der Waals surface area contributed by atoms with Gasteiger partial charge in [-0.2, -0.15) is 0 Å². The molecule has 1 heterocycles. The number of nitrogens with zero attached hydrogens (tertiary/aromatic N) is 1. The maximum absolute atomic E-state index is 2.65. The van der Waals surface area contributed by atoms with E-state index in [0.717, 1.165) is 0 Å². The van der Waals surface area contributed by atoms with Gasteiger partial charge in [-0.1, -0.05) is 95.6 Å². The Hall–Kier alpha value is -4.04. The largest absolute Gasteiger partial charge is 0.376 e. The number of benzene rings is 5. The molecule has 192 valence electrons. The molecule has 0 bridgehead atoms. The zero-order valence-corrected chi connectivity index (χ0v) is 24.2. The summed E-state index contributed by atoms with van der Waals surface area (Å²) in [6.07, 6.45) is 0. The van der Waals surface area contributed by atoms with E-state index in [4.69, 9.17) is 0 Å². The molecule has 0 atom stereocenters. The van der Waals surface area contributed by atoms with Crippen molar-refractivity contribution in [3.05, 3.63) is 130 Å². The molecule has 0 aliphatic rings. The zero-order valence-electron chi connectivity index (χ0n) is 24.2. The Morgan fingerprint density at radius 2 is 0.974 bits per heavy atom. The second kappa shape index (κ2) is 9.61. The summed E-state index contributed by atoms with van der Waals surface area (Å²) in [7, 11) is 0. The summed E-state index contributed by atoms with van der Waals surface area (Å²) >= 11 is 0. The van der Waals surface area contributed by atoms with Crippen LogP contribution in [0.25, 0.3) is 32.9 Å². The summed E-state index contributed by atoms with van der Waals surface area (Å²) in [6.45, 7) is 15.8. The Morgan fingerprint density at radius 1 is 0.462 bits per heavy atom. The normalized spacial score (nSPS) is 11.5. The second-order valence-electron chi connectivity index (χ2n) is 11.4. The molecule has 0 radical (unpaired) electrons. The van der Waals surface area contributed by atoms with E-state index in [1.165, 1.54) is 82.8 Å². The zero-order chi connectivity index (χ0) is 27.4. The second-order valence-corrected chi connectivity index (χ2v) is 11.4. The molecule has 0 amide bonds. The van der Waals surface area contributed by atoms with Crippen molar-refractivity contribution in [2.24, 2.45) is 0 Å². The summed E-state index contributed by atoms with van der Waals surface area (Å²) in [6, 6.07) is 34.0. The van der Waals surface area contributed by atoms with E-state index in [0.29, 0.717) is 0 Å². The van der Waals surface area contributed by atoms with Gasteiger partial charge in [0.15, 0.2) is 0 Å². The van der Waals surface area contributed by atoms with Crippen molar-refractivity contribution in [3.63, 3.8) is 0 Å². The fourth-order valence-electron chi connectivity index (χ4n) is 6.80. The third-order valence-electron chi connectivity index (χ3n) is 8.51. The molecule has 2 heteroatoms. The summed E-state index contributed by atoms with van der Waals surface area (Å²) in [5, 5.41) is 2.70. The first-order valence-electron chi connectivity index (χ1n) is 14.0. The van der Waals surface area contributed by atoms with Crippen LogP contribution in [0.4, 0.5) is 0 Å². The predicted molar refractivity (Wildman–Crippen MR) is 171 cm³/mol. The standard InChI is InChI=1S/C37H36BN/c1-23-19-27(5)36-32(21-23)33-22-24(2)20-28(6)37(33)39(36)38(34-17-11-9-14-26(34)4)35-18-12-16-31(29(35)7)30-15-10-8-13-25(30)3/h8-22H,1-7H3. The van der Waals surface area contributed by atoms with E-state index >= 15 is 0 Å². The smallest absolute Gasteiger partial charge is 0.328 e. The first-order valence-corrected chi connectivity index (χ1v) is 14.0. The highest BCUT2D eigenvalue weighted by molar-refractivity contribution is 6.86. The molecule has 0 N–H and O–H groups in total. The van der Waals surface area contributed by atoms with Gasteiger partial charge in [-0.05, 0) is 105 Å². The Labute approximate surface area is 233 Å². The highest BCUT2D eigenvalue weighted by Gasteiger charge is 2.31. The first-order chi connectivity index (χ1) is 18.8. The molecule has 5 aromatic carbocycles. The predicted octanol–water partition coefficient (Wildman–Crippen LogP) is 8.27. The molecule has 6 aromatic rings. The van der Waals surface area contributed by atoms with Gasteiger partial charge in [-0.3, -0.25) is 0 Å². The van der Waals surface area contributed by atoms with Gasteiger partial charge in [-0.15, -0.1) is 0 Å². The minimum atomic E-state index is 0.0398. The lowest BCUT2D eigenvalue weighted by atomic mass is 9.48. The number of aromatic nitrogens is 1. The number of rotatable bonds is 4. The molecule has 39 heavy (non-hydrogen) atoms. The lowest BCUT2D eigenvalue weighted by Gasteiger charge is -2.25. The van der Waals surface area contributed by atoms with Crippen molar-refractivity contribution in [1.82, 2.24) is 4.48 Å². The number of fused-ring (bicyclic) bond motifs is 3. The van der Waals surface area contributed by atoms with Gasteiger partial charge < -0.3 is 4.48 Å². The quantitative estimate of drug-likeness (QED) is 0.213. The van der Waals surface area contributed by atoms with Gasteiger partial charge >= 0.3 is 6.85 Å². The van der Waals surface area contributed by atoms with Crippen LogP contribution in [-0.2, 0) is 0 Å². The Morgan fingerprint density at radius 3 is 1.56 bits per heavy atom. The van der Waals surface area contributed by atoms with E-state index < -0.39 is 0 Å². The van der Waals surface area contributed by atoms with Crippen LogP contribution in [-0.4, -0.2) is 11.3 Å². The van der Waals surface area contributed by atoms with Crippen molar-refractivity contribution < 1.29 is 0 Å². The van der Waals surface area contributed by atoms with Crippen molar-refractivity contribution in [1.29, 1.82) is 0 Å². The molecule has 0 saturated carbocycles. The SMILES string of the molecule is Cc1cc(C)c2c(c1)c1cc(C)cc(C)c1n2B(c1ccccc1C)c1cccc(-c2ccccc2C)c1C. The fourth-order valence-corrected chi connectivity index (χ4v) is 6.80. The van der Waals surface area contributed by atoms with Crippen molar-refractivity contribution in [3.8, 4) is 11.1 Å². The van der Waals surface area contributed by atoms with Gasteiger partial charge in [0, 0.05) is 21.8 Å². The van der Waals surface area contributed by atoms with Gasteiger partial charge in [0.2, 0.25) is 0 Å². The van der Waals surface area contributed by atoms with Crippen LogP contribution in [0.3, 0.4) is 0 Å². The van der Waals surface area contributed by atoms with Crippen LogP contribution >= 0.6 is 0 Å². The Kier molecular flexibility index (Phi) is 6.22. The van der Waals surface area contributed by atoms with Crippen LogP contribution < -0.4 is 10.9 Å². The van der Waals surface area contributed by atoms with Crippen LogP contribution in [0, 0.1) is 48.5 Å². The monoisotopic (exact) mass is 505 g/mol. The third-order valence-corrected chi connectivity index (χ3v) is 8.51. The molecule has 0 fully saturated rings. The minimum absolute atomic E-state index is 0.0398. The van der Waals surface area contributed by atoms with Crippen molar-refractivity contribution in [2.45, 2.75) is 48.5 Å². The molecule has 0 saturated heterocycles. The first kappa shape index (κ1) is 25.3. The molecular formula is C37H36BN. The molecule has 0 unspecified atom stereocenters. The average Bonchev–Trinajstić information content (AvgIpc) is 3.21. The summed E-state index contributed by atoms with van der Waals surface area (Å²) in [5.41, 5.74) is 17.2. The van der Waals surface area contributed by atoms with Gasteiger partial charge in [0.25, 0.3) is 0 Å². The minimum Gasteiger partial charge on any atom is -0.376 e. The van der Waals surface area contributed by atoms with E-state index in [1.54, 1.807) is 0 Å². The highest BCUT2D eigenvalue weighted by Crippen LogP contribution is 2.36. The summed E-state index contributed by atoms with van der Waals surface area (Å²) in [4.78, 5) is 0. The molecule has 1 aromatic heterocycles. The molecule has 0 spiro atoms. The number of aryl methyl sites for hydroxylation is 6. The van der Waals surface area contributed by atoms with Crippen LogP contribution in [0.5, 0.6) is 0 Å². The highest BCUT2D eigenvalue weighted by atomic mass is 14.9. The van der Waals surface area contributed by atoms with E-state index in [9.17, 15) is 0 Å². The van der Waals surface area contributed by atoms with Gasteiger partial charge in [0.1, 0.15) is 0 Å². The molecule has 0 aliphatic heterocycles. The van der Waals surface area contributed by atoms with Crippen molar-refractivity contribution >= 4 is 39.6 Å². The van der Waals surface area contributed by atoms with Crippen molar-refractivity contribution in [2.75, 3.05) is 0 Å². The van der Waals surface area contributed by atoms with E-state index in [-0.39, 0.29) is 6.85 Å². The third kappa shape index (κ3) is 4.10. The maximum Gasteiger partial charge on any atom is 0.328 e. The molecule has 0 aliphatic carbocycles. The average molecular weight is 506 g/mol. The molecular weight excluding hydrogens is 469 g/mol. The molecule has 6 rings (SSSR count). The van der Waals surface area contributed by atoms with Crippen LogP contribution in [0.15, 0.2) is 91.0 Å². The van der Waals surface area contributed by atoms with Crippen LogP contribution in [0.1, 0.15) is 38.9 Å². The Balaban J connectivity index is 1.78. The van der Waals surface area contributed by atoms with E-state index in [1.807, 2.05) is 0 Å². The van der Waals surface area contributed by atoms with Crippen LogP contribution in [0.2, 0.25) is 0 Å². The van der Waals surface area contributed by atoms with E-state index in [2.05, 4.69) is 144 Å². The lowest BCUT2D eigenvalue weighted by Crippen LogP contribution is -2.51. The number of hydrogen-bond donors (Lipinski definition) is 0. The maximum atomic E-state index is 2.65. The lowest BCUT2D eigenvalue weighted by molar-refractivity contribution is 1.27. The van der Waals surface area contributed by atoms with Gasteiger partial charge in [-0.25, -0.2) is 0 Å². The van der Waals surface area contributed by atoms with Gasteiger partial charge in [0.05, 0.1) is 0 Å². The molecule has 1 nitrogen and oxygen atoms in total. The number of hydrogen-bond acceptors (Lipinski definition) is 0. The fraction of sp³-hybridized carbons (Fsp3) is 0.189. The Bertz CT molecular complexity index is 1820. The topological polar surface area (TPSA) is 4.93 Å². The summed E-state index contributed by atoms with van der Waals surface area (Å²) in [5.74, 6) is 0. The summed E-state index contributed by atoms with van der Waals surface area (Å²) < 4.78 is 2.65.